The number of nitrogens with zero attached hydrogens (tertiary/aromatic N) is 1. The first-order chi connectivity index (χ1) is 14.4. The highest BCUT2D eigenvalue weighted by atomic mass is 16.1. The molecule has 2 aliphatic rings. The molecule has 0 radical (unpaired) electrons. The van der Waals surface area contributed by atoms with Crippen molar-refractivity contribution in [1.29, 1.82) is 0 Å². The molecule has 30 heavy (non-hydrogen) atoms. The van der Waals surface area contributed by atoms with Crippen molar-refractivity contribution >= 4 is 12.3 Å². The zero-order valence-electron chi connectivity index (χ0n) is 18.3. The van der Waals surface area contributed by atoms with Crippen LogP contribution in [0.25, 0.3) is 6.08 Å². The molecule has 154 valence electrons. The highest BCUT2D eigenvalue weighted by molar-refractivity contribution is 5.79. The predicted octanol–water partition coefficient (Wildman–Crippen LogP) is 5.95. The molecule has 1 aromatic carbocycles. The molecule has 0 fully saturated rings. The summed E-state index contributed by atoms with van der Waals surface area (Å²) >= 11 is 0. The number of hydrogen-bond donors (Lipinski definition) is 1. The Morgan fingerprint density at radius 1 is 1.17 bits per heavy atom. The summed E-state index contributed by atoms with van der Waals surface area (Å²) < 4.78 is 0. The highest BCUT2D eigenvalue weighted by Gasteiger charge is 2.46. The van der Waals surface area contributed by atoms with Crippen molar-refractivity contribution in [3.8, 4) is 0 Å². The van der Waals surface area contributed by atoms with Crippen LogP contribution in [0.15, 0.2) is 75.6 Å². The summed E-state index contributed by atoms with van der Waals surface area (Å²) in [5, 5.41) is 0. The second-order valence-electron chi connectivity index (χ2n) is 8.78. The summed E-state index contributed by atoms with van der Waals surface area (Å²) in [5.74, 6) is 0.829. The number of H-pyrrole nitrogens is 1. The van der Waals surface area contributed by atoms with E-state index in [-0.39, 0.29) is 5.56 Å². The minimum Gasteiger partial charge on any atom is -0.326 e. The van der Waals surface area contributed by atoms with Gasteiger partial charge in [-0.3, -0.25) is 9.79 Å². The maximum atomic E-state index is 11.9. The second kappa shape index (κ2) is 8.06. The molecule has 2 aromatic rings. The van der Waals surface area contributed by atoms with Crippen LogP contribution in [-0.2, 0) is 12.0 Å². The number of pyridine rings is 1. The van der Waals surface area contributed by atoms with Gasteiger partial charge in [0.25, 0.3) is 0 Å². The molecule has 2 aliphatic carbocycles. The number of aliphatic imine (C=N–C) groups is 1. The summed E-state index contributed by atoms with van der Waals surface area (Å²) in [6, 6.07) is 12.3. The second-order valence-corrected chi connectivity index (χ2v) is 8.78. The lowest BCUT2D eigenvalue weighted by Crippen LogP contribution is -2.40. The van der Waals surface area contributed by atoms with Crippen molar-refractivity contribution in [2.75, 3.05) is 0 Å². The van der Waals surface area contributed by atoms with Crippen molar-refractivity contribution in [2.45, 2.75) is 52.0 Å². The maximum Gasteiger partial charge on any atom is 0.248 e. The van der Waals surface area contributed by atoms with Gasteiger partial charge in [0.05, 0.1) is 0 Å². The van der Waals surface area contributed by atoms with Crippen LogP contribution in [0.5, 0.6) is 0 Å². The average Bonchev–Trinajstić information content (AvgIpc) is 2.71. The molecular formula is C27H30N2O. The lowest BCUT2D eigenvalue weighted by molar-refractivity contribution is 0.413. The fourth-order valence-electron chi connectivity index (χ4n) is 4.97. The number of hydrogen-bond acceptors (Lipinski definition) is 2. The first-order valence-corrected chi connectivity index (χ1v) is 10.8. The van der Waals surface area contributed by atoms with Crippen LogP contribution < -0.4 is 5.56 Å². The van der Waals surface area contributed by atoms with Crippen LogP contribution in [-0.4, -0.2) is 11.2 Å². The fraction of sp³-hybridized carbons (Fsp3) is 0.333. The van der Waals surface area contributed by atoms with Gasteiger partial charge >= 0.3 is 0 Å². The molecule has 0 amide bonds. The van der Waals surface area contributed by atoms with E-state index in [1.165, 1.54) is 22.3 Å². The normalized spacial score (nSPS) is 24.6. The molecule has 0 aliphatic heterocycles. The molecule has 2 bridgehead atoms. The molecule has 1 heterocycles. The van der Waals surface area contributed by atoms with Gasteiger partial charge in [-0.05, 0) is 55.0 Å². The van der Waals surface area contributed by atoms with Crippen molar-refractivity contribution in [1.82, 2.24) is 4.98 Å². The van der Waals surface area contributed by atoms with Crippen molar-refractivity contribution in [3.63, 3.8) is 0 Å². The van der Waals surface area contributed by atoms with E-state index in [0.717, 1.165) is 24.1 Å². The van der Waals surface area contributed by atoms with Gasteiger partial charge in [0.15, 0.2) is 0 Å². The number of aromatic nitrogens is 1. The third kappa shape index (κ3) is 3.65. The fourth-order valence-corrected chi connectivity index (χ4v) is 4.97. The quantitative estimate of drug-likeness (QED) is 0.502. The van der Waals surface area contributed by atoms with Crippen LogP contribution in [0.2, 0.25) is 0 Å². The van der Waals surface area contributed by atoms with E-state index in [1.54, 1.807) is 6.07 Å². The molecule has 1 aromatic heterocycles. The molecular weight excluding hydrogens is 368 g/mol. The van der Waals surface area contributed by atoms with E-state index < -0.39 is 5.54 Å². The van der Waals surface area contributed by atoms with E-state index in [4.69, 9.17) is 4.99 Å². The smallest absolute Gasteiger partial charge is 0.248 e. The Balaban J connectivity index is 1.69. The van der Waals surface area contributed by atoms with Gasteiger partial charge < -0.3 is 4.98 Å². The van der Waals surface area contributed by atoms with E-state index in [2.05, 4.69) is 75.2 Å². The largest absolute Gasteiger partial charge is 0.326 e. The highest BCUT2D eigenvalue weighted by Crippen LogP contribution is 2.51. The van der Waals surface area contributed by atoms with Gasteiger partial charge in [0, 0.05) is 35.9 Å². The van der Waals surface area contributed by atoms with Crippen molar-refractivity contribution in [2.24, 2.45) is 10.9 Å². The van der Waals surface area contributed by atoms with Crippen LogP contribution in [0.3, 0.4) is 0 Å². The van der Waals surface area contributed by atoms with E-state index in [9.17, 15) is 4.79 Å². The Morgan fingerprint density at radius 2 is 1.93 bits per heavy atom. The first-order valence-electron chi connectivity index (χ1n) is 10.8. The van der Waals surface area contributed by atoms with Crippen molar-refractivity contribution < 1.29 is 0 Å². The molecule has 0 saturated heterocycles. The average molecular weight is 399 g/mol. The molecule has 2 unspecified atom stereocenters. The van der Waals surface area contributed by atoms with Crippen LogP contribution in [0.1, 0.15) is 62.4 Å². The lowest BCUT2D eigenvalue weighted by atomic mass is 9.63. The number of allylic oxidation sites excluding steroid dienone is 3. The van der Waals surface area contributed by atoms with Gasteiger partial charge in [-0.25, -0.2) is 0 Å². The lowest BCUT2D eigenvalue weighted by Gasteiger charge is -2.45. The summed E-state index contributed by atoms with van der Waals surface area (Å²) in [6.07, 6.45) is 12.3. The number of rotatable bonds is 4. The molecule has 3 nitrogen and oxygen atoms in total. The number of fused-ring (bicyclic) bond motifs is 4. The van der Waals surface area contributed by atoms with Crippen LogP contribution in [0.4, 0.5) is 0 Å². The molecule has 3 heteroatoms. The topological polar surface area (TPSA) is 45.2 Å². The molecule has 0 saturated carbocycles. The van der Waals surface area contributed by atoms with Crippen molar-refractivity contribution in [3.05, 3.63) is 98.5 Å². The Morgan fingerprint density at radius 3 is 2.63 bits per heavy atom. The molecule has 1 N–H and O–H groups in total. The summed E-state index contributed by atoms with van der Waals surface area (Å²) in [5.41, 5.74) is 6.88. The summed E-state index contributed by atoms with van der Waals surface area (Å²) in [6.45, 7) is 8.70. The standard InChI is InChI=1S/C27H30N2O/c1-5-23-22-15-19(4)17-27(23,24-12-13-26(30)29-25(24)16-22)28-14-6-7-20-8-10-21(11-9-20)18(2)3/h5-15,18,22H,16-17H2,1-4H3,(H,29,30). The zero-order valence-corrected chi connectivity index (χ0v) is 18.3. The van der Waals surface area contributed by atoms with E-state index in [1.807, 2.05) is 18.4 Å². The minimum absolute atomic E-state index is 0.0414. The number of benzene rings is 1. The molecule has 0 spiro atoms. The Hall–Kier alpha value is -2.94. The third-order valence-electron chi connectivity index (χ3n) is 6.35. The molecule has 4 rings (SSSR count). The minimum atomic E-state index is -0.429. The van der Waals surface area contributed by atoms with Gasteiger partial charge in [0.2, 0.25) is 5.56 Å². The number of nitrogens with one attached hydrogen (secondary N) is 1. The summed E-state index contributed by atoms with van der Waals surface area (Å²) in [7, 11) is 0. The van der Waals surface area contributed by atoms with E-state index in [0.29, 0.717) is 11.8 Å². The van der Waals surface area contributed by atoms with Gasteiger partial charge in [-0.2, -0.15) is 0 Å². The van der Waals surface area contributed by atoms with Gasteiger partial charge in [-0.15, -0.1) is 0 Å². The third-order valence-corrected chi connectivity index (χ3v) is 6.35. The van der Waals surface area contributed by atoms with Crippen LogP contribution in [0, 0.1) is 5.92 Å². The summed E-state index contributed by atoms with van der Waals surface area (Å²) in [4.78, 5) is 20.1. The predicted molar refractivity (Wildman–Crippen MR) is 126 cm³/mol. The van der Waals surface area contributed by atoms with Gasteiger partial charge in [0.1, 0.15) is 5.54 Å². The first kappa shape index (κ1) is 20.3. The van der Waals surface area contributed by atoms with Crippen LogP contribution >= 0.6 is 0 Å². The Kier molecular flexibility index (Phi) is 5.46. The monoisotopic (exact) mass is 398 g/mol. The maximum absolute atomic E-state index is 11.9. The zero-order chi connectivity index (χ0) is 21.3. The number of aromatic amines is 1. The SMILES string of the molecule is CC=C1C2C=C(C)CC1(N=CC=Cc1ccc(C(C)C)cc1)c1ccc(=O)[nH]c1C2. The van der Waals surface area contributed by atoms with E-state index >= 15 is 0 Å². The Bertz CT molecular complexity index is 1110. The Labute approximate surface area is 179 Å². The molecule has 2 atom stereocenters. The van der Waals surface area contributed by atoms with Gasteiger partial charge in [-0.1, -0.05) is 61.9 Å².